The van der Waals surface area contributed by atoms with Gasteiger partial charge in [0.1, 0.15) is 12.7 Å². The topological polar surface area (TPSA) is 31.2 Å². The predicted octanol–water partition coefficient (Wildman–Crippen LogP) is -0.411. The summed E-state index contributed by atoms with van der Waals surface area (Å²) >= 11 is 0. The Morgan fingerprint density at radius 3 is 1.70 bits per heavy atom. The minimum Gasteiger partial charge on any atom is -0.272 e. The molecule has 2 heterocycles. The molecule has 0 fully saturated rings. The van der Waals surface area contributed by atoms with Gasteiger partial charge in [-0.3, -0.25) is 20.0 Å². The zero-order valence-corrected chi connectivity index (χ0v) is 5.77. The van der Waals surface area contributed by atoms with Crippen molar-refractivity contribution in [2.24, 2.45) is 9.98 Å². The summed E-state index contributed by atoms with van der Waals surface area (Å²) in [5, 5.41) is 4.19. The van der Waals surface area contributed by atoms with E-state index in [9.17, 15) is 0 Å². The lowest BCUT2D eigenvalue weighted by Crippen LogP contribution is -2.38. The van der Waals surface area contributed by atoms with Crippen LogP contribution < -0.4 is 0 Å². The van der Waals surface area contributed by atoms with E-state index < -0.39 is 0 Å². The highest BCUT2D eigenvalue weighted by Crippen LogP contribution is 2.01. The van der Waals surface area contributed by atoms with Gasteiger partial charge in [-0.2, -0.15) is 0 Å². The molecule has 0 spiro atoms. The molecule has 0 N–H and O–H groups in total. The third-order valence-corrected chi connectivity index (χ3v) is 1.68. The maximum Gasteiger partial charge on any atom is 0.104 e. The second-order valence-corrected chi connectivity index (χ2v) is 2.37. The lowest BCUT2D eigenvalue weighted by atomic mass is 10.6. The molecule has 0 saturated carbocycles. The van der Waals surface area contributed by atoms with Crippen molar-refractivity contribution in [3.63, 3.8) is 0 Å². The standard InChI is InChI=1S/C6H10N4/c1-3-9(5-7-1)10-4-2-8-6-10/h5-6H,1-4H2. The smallest absolute Gasteiger partial charge is 0.104 e. The molecule has 4 nitrogen and oxygen atoms in total. The number of hydrogen-bond acceptors (Lipinski definition) is 4. The van der Waals surface area contributed by atoms with Crippen molar-refractivity contribution >= 4 is 12.7 Å². The molecule has 2 aliphatic heterocycles. The van der Waals surface area contributed by atoms with Crippen LogP contribution in [-0.2, 0) is 0 Å². The van der Waals surface area contributed by atoms with Crippen molar-refractivity contribution in [3.8, 4) is 0 Å². The van der Waals surface area contributed by atoms with Crippen molar-refractivity contribution in [3.05, 3.63) is 0 Å². The van der Waals surface area contributed by atoms with E-state index in [0.717, 1.165) is 26.2 Å². The zero-order chi connectivity index (χ0) is 6.81. The third kappa shape index (κ3) is 0.853. The van der Waals surface area contributed by atoms with Crippen LogP contribution in [0.5, 0.6) is 0 Å². The molecule has 0 aliphatic carbocycles. The summed E-state index contributed by atoms with van der Waals surface area (Å²) in [5.41, 5.74) is 0. The first-order valence-corrected chi connectivity index (χ1v) is 3.50. The highest BCUT2D eigenvalue weighted by atomic mass is 15.6. The Bertz CT molecular complexity index is 155. The van der Waals surface area contributed by atoms with Crippen LogP contribution >= 0.6 is 0 Å². The molecule has 0 radical (unpaired) electrons. The minimum atomic E-state index is 0.921. The summed E-state index contributed by atoms with van der Waals surface area (Å²) in [6.45, 7) is 3.85. The molecule has 0 atom stereocenters. The fourth-order valence-electron chi connectivity index (χ4n) is 1.13. The third-order valence-electron chi connectivity index (χ3n) is 1.68. The summed E-state index contributed by atoms with van der Waals surface area (Å²) in [6, 6.07) is 0. The Kier molecular flexibility index (Phi) is 1.30. The van der Waals surface area contributed by atoms with Crippen molar-refractivity contribution < 1.29 is 0 Å². The van der Waals surface area contributed by atoms with Gasteiger partial charge in [0.05, 0.1) is 26.2 Å². The molecule has 0 amide bonds. The summed E-state index contributed by atoms with van der Waals surface area (Å²) < 4.78 is 0. The largest absolute Gasteiger partial charge is 0.272 e. The minimum absolute atomic E-state index is 0.921. The van der Waals surface area contributed by atoms with E-state index in [1.54, 1.807) is 0 Å². The van der Waals surface area contributed by atoms with Gasteiger partial charge in [-0.1, -0.05) is 0 Å². The monoisotopic (exact) mass is 138 g/mol. The van der Waals surface area contributed by atoms with E-state index in [2.05, 4.69) is 20.0 Å². The second-order valence-electron chi connectivity index (χ2n) is 2.37. The van der Waals surface area contributed by atoms with Gasteiger partial charge in [0.15, 0.2) is 0 Å². The molecule has 0 aromatic rings. The first-order valence-electron chi connectivity index (χ1n) is 3.50. The SMILES string of the molecule is C1=NCCN1N1C=NCC1. The van der Waals surface area contributed by atoms with Gasteiger partial charge >= 0.3 is 0 Å². The summed E-state index contributed by atoms with van der Waals surface area (Å²) in [7, 11) is 0. The molecule has 0 unspecified atom stereocenters. The van der Waals surface area contributed by atoms with Crippen LogP contribution in [0, 0.1) is 0 Å². The van der Waals surface area contributed by atoms with Gasteiger partial charge in [-0.15, -0.1) is 0 Å². The molecule has 0 bridgehead atoms. The van der Waals surface area contributed by atoms with E-state index in [0.29, 0.717) is 0 Å². The van der Waals surface area contributed by atoms with Crippen LogP contribution in [0.25, 0.3) is 0 Å². The lowest BCUT2D eigenvalue weighted by Gasteiger charge is -2.24. The van der Waals surface area contributed by atoms with E-state index >= 15 is 0 Å². The Balaban J connectivity index is 1.98. The van der Waals surface area contributed by atoms with Crippen molar-refractivity contribution in [1.82, 2.24) is 10.0 Å². The molecule has 0 saturated heterocycles. The molecule has 10 heavy (non-hydrogen) atoms. The Labute approximate surface area is 59.8 Å². The quantitative estimate of drug-likeness (QED) is 0.493. The molecule has 0 aromatic heterocycles. The van der Waals surface area contributed by atoms with Crippen LogP contribution in [0.1, 0.15) is 0 Å². The fraction of sp³-hybridized carbons (Fsp3) is 0.667. The lowest BCUT2D eigenvalue weighted by molar-refractivity contribution is 0.176. The highest BCUT2D eigenvalue weighted by molar-refractivity contribution is 5.64. The molecular weight excluding hydrogens is 128 g/mol. The normalized spacial score (nSPS) is 23.2. The summed E-state index contributed by atoms with van der Waals surface area (Å²) in [4.78, 5) is 8.21. The van der Waals surface area contributed by atoms with Crippen molar-refractivity contribution in [2.75, 3.05) is 26.2 Å². The van der Waals surface area contributed by atoms with E-state index in [-0.39, 0.29) is 0 Å². The summed E-state index contributed by atoms with van der Waals surface area (Å²) in [5.74, 6) is 0. The van der Waals surface area contributed by atoms with E-state index in [1.165, 1.54) is 0 Å². The molecular formula is C6H10N4. The first-order chi connectivity index (χ1) is 4.97. The van der Waals surface area contributed by atoms with Gasteiger partial charge in [-0.25, -0.2) is 0 Å². The number of hydrogen-bond donors (Lipinski definition) is 0. The average Bonchev–Trinajstić information content (AvgIpc) is 2.59. The molecule has 54 valence electrons. The Hall–Kier alpha value is -1.06. The van der Waals surface area contributed by atoms with Gasteiger partial charge in [0.25, 0.3) is 0 Å². The molecule has 2 aliphatic rings. The Morgan fingerprint density at radius 2 is 1.40 bits per heavy atom. The molecule has 2 rings (SSSR count). The number of rotatable bonds is 1. The average molecular weight is 138 g/mol. The number of aliphatic imine (C=N–C) groups is 2. The van der Waals surface area contributed by atoms with Crippen LogP contribution in [0.3, 0.4) is 0 Å². The predicted molar refractivity (Wildman–Crippen MR) is 40.1 cm³/mol. The van der Waals surface area contributed by atoms with Crippen molar-refractivity contribution in [1.29, 1.82) is 0 Å². The van der Waals surface area contributed by atoms with Crippen LogP contribution in [0.4, 0.5) is 0 Å². The van der Waals surface area contributed by atoms with Gasteiger partial charge in [-0.05, 0) is 0 Å². The molecule has 0 aromatic carbocycles. The van der Waals surface area contributed by atoms with Gasteiger partial charge in [0, 0.05) is 0 Å². The van der Waals surface area contributed by atoms with Crippen molar-refractivity contribution in [2.45, 2.75) is 0 Å². The van der Waals surface area contributed by atoms with E-state index in [1.807, 2.05) is 12.7 Å². The first kappa shape index (κ1) is 5.70. The highest BCUT2D eigenvalue weighted by Gasteiger charge is 2.14. The van der Waals surface area contributed by atoms with Crippen LogP contribution in [0.2, 0.25) is 0 Å². The Morgan fingerprint density at radius 1 is 0.900 bits per heavy atom. The molecule has 4 heteroatoms. The number of nitrogens with zero attached hydrogens (tertiary/aromatic N) is 4. The zero-order valence-electron chi connectivity index (χ0n) is 5.77. The fourth-order valence-corrected chi connectivity index (χ4v) is 1.13. The van der Waals surface area contributed by atoms with Gasteiger partial charge < -0.3 is 0 Å². The van der Waals surface area contributed by atoms with Gasteiger partial charge in [0.2, 0.25) is 0 Å². The maximum absolute atomic E-state index is 4.11. The second kappa shape index (κ2) is 2.28. The van der Waals surface area contributed by atoms with Crippen LogP contribution in [-0.4, -0.2) is 48.9 Å². The summed E-state index contributed by atoms with van der Waals surface area (Å²) in [6.07, 6.45) is 3.74. The maximum atomic E-state index is 4.11. The number of hydrazine groups is 1. The van der Waals surface area contributed by atoms with Crippen LogP contribution in [0.15, 0.2) is 9.98 Å². The van der Waals surface area contributed by atoms with E-state index in [4.69, 9.17) is 0 Å².